The fourth-order valence-electron chi connectivity index (χ4n) is 2.00. The highest BCUT2D eigenvalue weighted by Gasteiger charge is 2.46. The molecule has 1 aromatic rings. The first-order valence-corrected chi connectivity index (χ1v) is 6.31. The van der Waals surface area contributed by atoms with E-state index in [1.54, 1.807) is 13.8 Å². The summed E-state index contributed by atoms with van der Waals surface area (Å²) in [6.45, 7) is 3.53. The van der Waals surface area contributed by atoms with E-state index < -0.39 is 33.8 Å². The van der Waals surface area contributed by atoms with Crippen LogP contribution in [0, 0.1) is 11.6 Å². The van der Waals surface area contributed by atoms with E-state index in [1.165, 1.54) is 11.8 Å². The molecule has 0 saturated carbocycles. The molecular weight excluding hydrogens is 260 g/mol. The van der Waals surface area contributed by atoms with E-state index >= 15 is 0 Å². The van der Waals surface area contributed by atoms with Crippen LogP contribution in [0.25, 0.3) is 0 Å². The number of benzene rings is 1. The van der Waals surface area contributed by atoms with Gasteiger partial charge in [0.1, 0.15) is 17.7 Å². The van der Waals surface area contributed by atoms with Crippen LogP contribution in [0.15, 0.2) is 18.2 Å². The van der Waals surface area contributed by atoms with Gasteiger partial charge >= 0.3 is 5.97 Å². The number of carboxylic acids is 1. The number of rotatable bonds is 2. The van der Waals surface area contributed by atoms with Crippen molar-refractivity contribution in [1.82, 2.24) is 5.32 Å². The molecule has 0 amide bonds. The Bertz CT molecular complexity index is 493. The zero-order chi connectivity index (χ0) is 13.5. The van der Waals surface area contributed by atoms with Gasteiger partial charge in [0.25, 0.3) is 0 Å². The first-order chi connectivity index (χ1) is 8.31. The van der Waals surface area contributed by atoms with Gasteiger partial charge in [-0.1, -0.05) is 0 Å². The predicted octanol–water partition coefficient (Wildman–Crippen LogP) is 2.53. The lowest BCUT2D eigenvalue weighted by atomic mass is 10.0. The molecule has 1 fully saturated rings. The lowest BCUT2D eigenvalue weighted by Gasteiger charge is -2.20. The maximum atomic E-state index is 13.6. The van der Waals surface area contributed by atoms with E-state index in [0.717, 1.165) is 18.2 Å². The average molecular weight is 273 g/mol. The maximum Gasteiger partial charge on any atom is 0.322 e. The highest BCUT2D eigenvalue weighted by atomic mass is 32.2. The summed E-state index contributed by atoms with van der Waals surface area (Å²) in [4.78, 5) is 11.1. The molecule has 1 aliphatic heterocycles. The summed E-state index contributed by atoms with van der Waals surface area (Å²) in [6.07, 6.45) is 0. The van der Waals surface area contributed by atoms with Crippen molar-refractivity contribution < 1.29 is 18.7 Å². The molecule has 1 aliphatic rings. The molecule has 0 radical (unpaired) electrons. The van der Waals surface area contributed by atoms with Crippen molar-refractivity contribution in [2.24, 2.45) is 0 Å². The van der Waals surface area contributed by atoms with Crippen molar-refractivity contribution in [3.05, 3.63) is 35.4 Å². The molecule has 0 aliphatic carbocycles. The third kappa shape index (κ3) is 2.35. The molecule has 2 rings (SSSR count). The molecule has 18 heavy (non-hydrogen) atoms. The van der Waals surface area contributed by atoms with E-state index in [9.17, 15) is 13.6 Å². The van der Waals surface area contributed by atoms with E-state index in [0.29, 0.717) is 0 Å². The molecule has 2 atom stereocenters. The normalized spacial score (nSPS) is 26.2. The number of nitrogens with one attached hydrogen (secondary N) is 1. The molecule has 0 bridgehead atoms. The first kappa shape index (κ1) is 13.3. The summed E-state index contributed by atoms with van der Waals surface area (Å²) in [6, 6.07) is 2.39. The van der Waals surface area contributed by atoms with E-state index in [4.69, 9.17) is 5.11 Å². The van der Waals surface area contributed by atoms with Crippen molar-refractivity contribution in [3.63, 3.8) is 0 Å². The van der Waals surface area contributed by atoms with E-state index in [-0.39, 0.29) is 5.56 Å². The minimum atomic E-state index is -0.994. The van der Waals surface area contributed by atoms with Gasteiger partial charge in [-0.25, -0.2) is 8.78 Å². The van der Waals surface area contributed by atoms with Gasteiger partial charge in [-0.3, -0.25) is 10.1 Å². The Morgan fingerprint density at radius 3 is 2.67 bits per heavy atom. The molecule has 2 N–H and O–H groups in total. The van der Waals surface area contributed by atoms with Gasteiger partial charge < -0.3 is 5.11 Å². The van der Waals surface area contributed by atoms with Crippen LogP contribution in [-0.4, -0.2) is 21.9 Å². The zero-order valence-corrected chi connectivity index (χ0v) is 10.7. The summed E-state index contributed by atoms with van der Waals surface area (Å²) in [5.41, 5.74) is 0.150. The van der Waals surface area contributed by atoms with Crippen LogP contribution in [-0.2, 0) is 4.79 Å². The summed E-state index contributed by atoms with van der Waals surface area (Å²) in [5.74, 6) is -2.07. The Morgan fingerprint density at radius 1 is 1.44 bits per heavy atom. The second kappa shape index (κ2) is 4.51. The van der Waals surface area contributed by atoms with Gasteiger partial charge in [-0.05, 0) is 32.0 Å². The number of carbonyl (C=O) groups is 1. The predicted molar refractivity (Wildman–Crippen MR) is 65.3 cm³/mol. The molecule has 0 spiro atoms. The van der Waals surface area contributed by atoms with Crippen LogP contribution in [0.4, 0.5) is 8.78 Å². The lowest BCUT2D eigenvalue weighted by Crippen LogP contribution is -2.43. The number of carboxylic acid groups (broad SMARTS) is 1. The Kier molecular flexibility index (Phi) is 3.33. The van der Waals surface area contributed by atoms with Crippen LogP contribution >= 0.6 is 11.8 Å². The van der Waals surface area contributed by atoms with Crippen molar-refractivity contribution in [3.8, 4) is 0 Å². The molecule has 1 unspecified atom stereocenters. The minimum absolute atomic E-state index is 0.150. The number of thioether (sulfide) groups is 1. The average Bonchev–Trinajstić information content (AvgIpc) is 2.58. The quantitative estimate of drug-likeness (QED) is 0.869. The van der Waals surface area contributed by atoms with Crippen molar-refractivity contribution in [2.45, 2.75) is 30.0 Å². The van der Waals surface area contributed by atoms with Gasteiger partial charge in [0.15, 0.2) is 0 Å². The fourth-order valence-corrected chi connectivity index (χ4v) is 3.42. The molecule has 0 aromatic heterocycles. The molecule has 3 nitrogen and oxygen atoms in total. The molecule has 1 saturated heterocycles. The molecular formula is C12H13F2NO2S. The van der Waals surface area contributed by atoms with Crippen LogP contribution in [0.2, 0.25) is 0 Å². The highest BCUT2D eigenvalue weighted by Crippen LogP contribution is 2.46. The largest absolute Gasteiger partial charge is 0.480 e. The summed E-state index contributed by atoms with van der Waals surface area (Å²) >= 11 is 1.28. The number of hydrogen-bond donors (Lipinski definition) is 2. The lowest BCUT2D eigenvalue weighted by molar-refractivity contribution is -0.139. The number of aliphatic carboxylic acids is 1. The van der Waals surface area contributed by atoms with Gasteiger partial charge in [-0.15, -0.1) is 11.8 Å². The van der Waals surface area contributed by atoms with Gasteiger partial charge in [-0.2, -0.15) is 0 Å². The van der Waals surface area contributed by atoms with Gasteiger partial charge in [0, 0.05) is 10.3 Å². The van der Waals surface area contributed by atoms with Crippen LogP contribution in [0.5, 0.6) is 0 Å². The zero-order valence-electron chi connectivity index (χ0n) is 9.91. The van der Waals surface area contributed by atoms with Gasteiger partial charge in [0.2, 0.25) is 0 Å². The van der Waals surface area contributed by atoms with Gasteiger partial charge in [0.05, 0.1) is 5.37 Å². The monoisotopic (exact) mass is 273 g/mol. The highest BCUT2D eigenvalue weighted by molar-refractivity contribution is 8.01. The van der Waals surface area contributed by atoms with Crippen molar-refractivity contribution in [2.75, 3.05) is 0 Å². The number of halogens is 2. The van der Waals surface area contributed by atoms with E-state index in [2.05, 4.69) is 5.32 Å². The van der Waals surface area contributed by atoms with Crippen LogP contribution in [0.1, 0.15) is 24.8 Å². The van der Waals surface area contributed by atoms with Crippen LogP contribution in [0.3, 0.4) is 0 Å². The summed E-state index contributed by atoms with van der Waals surface area (Å²) in [5, 5.41) is 11.4. The maximum absolute atomic E-state index is 13.6. The third-order valence-electron chi connectivity index (χ3n) is 2.92. The Hall–Kier alpha value is -1.14. The number of hydrogen-bond acceptors (Lipinski definition) is 3. The molecule has 1 aromatic carbocycles. The Labute approximate surface area is 108 Å². The summed E-state index contributed by atoms with van der Waals surface area (Å²) < 4.78 is 26.2. The standard InChI is InChI=1S/C12H13F2NO2S/c1-12(2)9(11(16)17)15-10(18-12)7-5-6(13)3-4-8(7)14/h3-5,9-10,15H,1-2H3,(H,16,17)/t9-,10?/m0/s1. The second-order valence-corrected chi connectivity index (χ2v) is 6.46. The molecule has 6 heteroatoms. The van der Waals surface area contributed by atoms with E-state index in [1.807, 2.05) is 0 Å². The van der Waals surface area contributed by atoms with Crippen molar-refractivity contribution in [1.29, 1.82) is 0 Å². The molecule has 1 heterocycles. The first-order valence-electron chi connectivity index (χ1n) is 5.43. The van der Waals surface area contributed by atoms with Crippen LogP contribution < -0.4 is 5.32 Å². The Morgan fingerprint density at radius 2 is 2.11 bits per heavy atom. The minimum Gasteiger partial charge on any atom is -0.480 e. The second-order valence-electron chi connectivity index (χ2n) is 4.71. The SMILES string of the molecule is CC1(C)SC(c2cc(F)ccc2F)N[C@H]1C(=O)O. The Balaban J connectivity index is 2.32. The fraction of sp³-hybridized carbons (Fsp3) is 0.417. The van der Waals surface area contributed by atoms with Crippen molar-refractivity contribution >= 4 is 17.7 Å². The molecule has 98 valence electrons. The topological polar surface area (TPSA) is 49.3 Å². The summed E-state index contributed by atoms with van der Waals surface area (Å²) in [7, 11) is 0. The smallest absolute Gasteiger partial charge is 0.322 e. The third-order valence-corrected chi connectivity index (χ3v) is 4.39.